The zero-order chi connectivity index (χ0) is 21.6. The van der Waals surface area contributed by atoms with Gasteiger partial charge in [-0.25, -0.2) is 0 Å². The summed E-state index contributed by atoms with van der Waals surface area (Å²) >= 11 is 0. The molecule has 0 heterocycles. The summed E-state index contributed by atoms with van der Waals surface area (Å²) in [6.07, 6.45) is 6.74. The second-order valence-corrected chi connectivity index (χ2v) is 8.95. The molecule has 0 fully saturated rings. The molecule has 0 aromatic rings. The molecule has 3 radical (unpaired) electrons. The fourth-order valence-electron chi connectivity index (χ4n) is 2.82. The van der Waals surface area contributed by atoms with E-state index < -0.39 is 33.7 Å². The van der Waals surface area contributed by atoms with Crippen molar-refractivity contribution in [1.29, 1.82) is 0 Å². The van der Waals surface area contributed by atoms with E-state index in [1.165, 1.54) is 0 Å². The Labute approximate surface area is 208 Å². The van der Waals surface area contributed by atoms with Crippen molar-refractivity contribution in [3.05, 3.63) is 0 Å². The van der Waals surface area contributed by atoms with Crippen molar-refractivity contribution in [2.45, 2.75) is 90.7 Å². The van der Waals surface area contributed by atoms with Crippen molar-refractivity contribution < 1.29 is 63.0 Å². The van der Waals surface area contributed by atoms with Crippen LogP contribution in [0, 0.1) is 11.8 Å². The molecule has 0 rings (SSSR count). The summed E-state index contributed by atoms with van der Waals surface area (Å²) in [5.74, 6) is -1.61. The van der Waals surface area contributed by atoms with Crippen LogP contribution in [0.15, 0.2) is 0 Å². The molecule has 0 spiro atoms. The Morgan fingerprint density at radius 3 is 1.70 bits per heavy atom. The number of hydrogen-bond donors (Lipinski definition) is 1. The van der Waals surface area contributed by atoms with Crippen LogP contribution in [-0.2, 0) is 29.2 Å². The molecule has 7 nitrogen and oxygen atoms in total. The predicted molar refractivity (Wildman–Crippen MR) is 115 cm³/mol. The topological polar surface area (TPSA) is 107 Å². The monoisotopic (exact) mass is 457 g/mol. The number of carbonyl (C=O) groups excluding carboxylic acids is 2. The third-order valence-corrected chi connectivity index (χ3v) is 6.08. The third kappa shape index (κ3) is 15.7. The minimum absolute atomic E-state index is 0. The van der Waals surface area contributed by atoms with E-state index in [2.05, 4.69) is 13.8 Å². The normalized spacial score (nSPS) is 13.9. The fourth-order valence-corrected chi connectivity index (χ4v) is 3.48. The van der Waals surface area contributed by atoms with Crippen LogP contribution in [0.3, 0.4) is 0 Å². The van der Waals surface area contributed by atoms with E-state index in [4.69, 9.17) is 9.47 Å². The Hall–Kier alpha value is -0.0851. The van der Waals surface area contributed by atoms with Gasteiger partial charge >= 0.3 is 41.5 Å². The summed E-state index contributed by atoms with van der Waals surface area (Å²) in [5.41, 5.74) is 0. The van der Waals surface area contributed by atoms with Crippen molar-refractivity contribution in [2.75, 3.05) is 13.2 Å². The van der Waals surface area contributed by atoms with Crippen LogP contribution in [0.1, 0.15) is 86.9 Å². The molecular weight excluding hydrogens is 418 g/mol. The van der Waals surface area contributed by atoms with E-state index >= 15 is 0 Å². The number of carbonyl (C=O) groups is 2. The van der Waals surface area contributed by atoms with Gasteiger partial charge in [-0.05, 0) is 24.7 Å². The zero-order valence-electron chi connectivity index (χ0n) is 20.4. The minimum Gasteiger partial charge on any atom is -1.00 e. The molecule has 0 aromatic heterocycles. The third-order valence-electron chi connectivity index (χ3n) is 5.00. The maximum atomic E-state index is 12.2. The Balaban J connectivity index is -0.00000121. The van der Waals surface area contributed by atoms with E-state index in [1.54, 1.807) is 0 Å². The maximum Gasteiger partial charge on any atom is 1.00 e. The van der Waals surface area contributed by atoms with E-state index in [0.717, 1.165) is 51.4 Å². The molecule has 0 amide bonds. The summed E-state index contributed by atoms with van der Waals surface area (Å²) in [7, 11) is -4.76. The van der Waals surface area contributed by atoms with Crippen LogP contribution in [0.5, 0.6) is 0 Å². The van der Waals surface area contributed by atoms with Gasteiger partial charge in [0.2, 0.25) is 0 Å². The van der Waals surface area contributed by atoms with Gasteiger partial charge in [-0.3, -0.25) is 14.1 Å². The quantitative estimate of drug-likeness (QED) is 0.208. The van der Waals surface area contributed by atoms with Crippen molar-refractivity contribution >= 4 is 30.5 Å². The van der Waals surface area contributed by atoms with E-state index in [9.17, 15) is 22.6 Å². The van der Waals surface area contributed by atoms with Gasteiger partial charge in [0.25, 0.3) is 10.1 Å². The Morgan fingerprint density at radius 2 is 1.33 bits per heavy atom. The zero-order valence-corrected chi connectivity index (χ0v) is 22.2. The molecule has 0 aliphatic rings. The van der Waals surface area contributed by atoms with E-state index in [-0.39, 0.29) is 64.4 Å². The standard InChI is InChI=1S/C20H38O7S.B.Na.H/c1-5-9-11-16(7-3)14-26-19(21)13-18(28(23,24)25)20(22)27-15-17(8-4)12-10-6-2;;;/h16-18H,5-15H2,1-4H3,(H,23,24,25);;;/q;;+1;-1. The van der Waals surface area contributed by atoms with Crippen LogP contribution >= 0.6 is 0 Å². The molecule has 10 heteroatoms. The van der Waals surface area contributed by atoms with Crippen molar-refractivity contribution in [1.82, 2.24) is 0 Å². The first-order valence-electron chi connectivity index (χ1n) is 10.5. The largest absolute Gasteiger partial charge is 1.00 e. The first-order chi connectivity index (χ1) is 13.2. The summed E-state index contributed by atoms with van der Waals surface area (Å²) in [4.78, 5) is 24.2. The van der Waals surface area contributed by atoms with Crippen molar-refractivity contribution in [3.8, 4) is 0 Å². The van der Waals surface area contributed by atoms with Gasteiger partial charge in [0.05, 0.1) is 19.6 Å². The second kappa shape index (κ2) is 19.6. The number of esters is 2. The average molecular weight is 457 g/mol. The van der Waals surface area contributed by atoms with E-state index in [1.807, 2.05) is 13.8 Å². The van der Waals surface area contributed by atoms with E-state index in [0.29, 0.717) is 0 Å². The van der Waals surface area contributed by atoms with Gasteiger partial charge in [0.15, 0.2) is 5.25 Å². The van der Waals surface area contributed by atoms with Gasteiger partial charge in [-0.1, -0.05) is 66.2 Å². The van der Waals surface area contributed by atoms with Crippen LogP contribution in [0.25, 0.3) is 0 Å². The molecule has 1 N–H and O–H groups in total. The molecule has 3 unspecified atom stereocenters. The minimum atomic E-state index is -4.76. The van der Waals surface area contributed by atoms with Gasteiger partial charge in [-0.2, -0.15) is 8.42 Å². The maximum absolute atomic E-state index is 12.2. The first kappa shape index (κ1) is 34.5. The predicted octanol–water partition coefficient (Wildman–Crippen LogP) is 0.888. The van der Waals surface area contributed by atoms with Gasteiger partial charge < -0.3 is 10.9 Å². The first-order valence-corrected chi connectivity index (χ1v) is 12.0. The Bertz CT molecular complexity index is 564. The molecule has 0 aliphatic carbocycles. The molecule has 0 aromatic carbocycles. The number of rotatable bonds is 16. The summed E-state index contributed by atoms with van der Waals surface area (Å²) in [5, 5.41) is -1.95. The van der Waals surface area contributed by atoms with Crippen LogP contribution in [0.4, 0.5) is 0 Å². The smallest absolute Gasteiger partial charge is 1.00 e. The molecular formula is C20H39BNaO7S. The summed E-state index contributed by atoms with van der Waals surface area (Å²) in [6, 6.07) is 0. The summed E-state index contributed by atoms with van der Waals surface area (Å²) in [6.45, 7) is 8.35. The van der Waals surface area contributed by atoms with Gasteiger partial charge in [-0.15, -0.1) is 0 Å². The van der Waals surface area contributed by atoms with Crippen LogP contribution in [0.2, 0.25) is 0 Å². The molecule has 30 heavy (non-hydrogen) atoms. The molecule has 0 bridgehead atoms. The Kier molecular flexibility index (Phi) is 22.5. The van der Waals surface area contributed by atoms with Crippen molar-refractivity contribution in [2.24, 2.45) is 11.8 Å². The van der Waals surface area contributed by atoms with Crippen molar-refractivity contribution in [3.63, 3.8) is 0 Å². The number of ether oxygens (including phenoxy) is 2. The van der Waals surface area contributed by atoms with Gasteiger partial charge in [0.1, 0.15) is 0 Å². The Morgan fingerprint density at radius 1 is 0.900 bits per heavy atom. The molecule has 0 saturated carbocycles. The summed E-state index contributed by atoms with van der Waals surface area (Å²) < 4.78 is 42.8. The molecule has 0 saturated heterocycles. The van der Waals surface area contributed by atoms with Crippen LogP contribution in [-0.4, -0.2) is 51.8 Å². The fraction of sp³-hybridized carbons (Fsp3) is 0.900. The second-order valence-electron chi connectivity index (χ2n) is 7.35. The number of hydrogen-bond acceptors (Lipinski definition) is 6. The SMILES string of the molecule is CCCCC(CC)COC(=O)CC(C(=O)OCC(CC)CCCC)S(=O)(=O)O.[B].[H-].[Na+]. The molecule has 0 aliphatic heterocycles. The molecule has 3 atom stereocenters. The average Bonchev–Trinajstić information content (AvgIpc) is 2.65. The molecule has 171 valence electrons. The van der Waals surface area contributed by atoms with Crippen LogP contribution < -0.4 is 29.6 Å². The van der Waals surface area contributed by atoms with Gasteiger partial charge in [0, 0.05) is 8.41 Å². The number of unbranched alkanes of at least 4 members (excludes halogenated alkanes) is 2.